The Morgan fingerprint density at radius 1 is 1.07 bits per heavy atom. The SMILES string of the molecule is Cc1ccc2c(oc3ncccc32)c1C1C(C)N2CCC1(C)c1ccccc12. The molecule has 28 heavy (non-hydrogen) atoms. The van der Waals surface area contributed by atoms with Gasteiger partial charge in [-0.05, 0) is 49.6 Å². The molecule has 2 bridgehead atoms. The quantitative estimate of drug-likeness (QED) is 0.416. The Morgan fingerprint density at radius 2 is 1.93 bits per heavy atom. The van der Waals surface area contributed by atoms with E-state index in [2.05, 4.69) is 73.1 Å². The number of aryl methyl sites for hydroxylation is 1. The van der Waals surface area contributed by atoms with E-state index in [0.29, 0.717) is 12.0 Å². The van der Waals surface area contributed by atoms with E-state index in [1.54, 1.807) is 0 Å². The molecule has 3 atom stereocenters. The highest BCUT2D eigenvalue weighted by Crippen LogP contribution is 2.57. The topological polar surface area (TPSA) is 29.3 Å². The minimum Gasteiger partial charge on any atom is -0.437 e. The van der Waals surface area contributed by atoms with Gasteiger partial charge in [0.15, 0.2) is 0 Å². The second kappa shape index (κ2) is 5.38. The van der Waals surface area contributed by atoms with Gasteiger partial charge >= 0.3 is 0 Å². The third-order valence-electron chi connectivity index (χ3n) is 7.35. The smallest absolute Gasteiger partial charge is 0.227 e. The Morgan fingerprint density at radius 3 is 2.82 bits per heavy atom. The fourth-order valence-corrected chi connectivity index (χ4v) is 6.01. The number of benzene rings is 2. The highest BCUT2D eigenvalue weighted by molar-refractivity contribution is 6.05. The van der Waals surface area contributed by atoms with E-state index < -0.39 is 0 Å². The van der Waals surface area contributed by atoms with Crippen LogP contribution < -0.4 is 4.90 Å². The van der Waals surface area contributed by atoms with Gasteiger partial charge in [-0.3, -0.25) is 0 Å². The monoisotopic (exact) mass is 368 g/mol. The molecule has 3 aliphatic heterocycles. The van der Waals surface area contributed by atoms with Crippen LogP contribution in [0, 0.1) is 6.92 Å². The lowest BCUT2D eigenvalue weighted by molar-refractivity contribution is 0.243. The molecule has 3 heteroatoms. The first-order chi connectivity index (χ1) is 13.6. The van der Waals surface area contributed by atoms with Gasteiger partial charge in [-0.2, -0.15) is 0 Å². The van der Waals surface area contributed by atoms with Crippen LogP contribution in [0.2, 0.25) is 0 Å². The summed E-state index contributed by atoms with van der Waals surface area (Å²) >= 11 is 0. The highest BCUT2D eigenvalue weighted by atomic mass is 16.3. The van der Waals surface area contributed by atoms with Crippen molar-refractivity contribution in [1.82, 2.24) is 4.98 Å². The summed E-state index contributed by atoms with van der Waals surface area (Å²) in [5, 5.41) is 2.29. The van der Waals surface area contributed by atoms with Gasteiger partial charge in [-0.15, -0.1) is 0 Å². The summed E-state index contributed by atoms with van der Waals surface area (Å²) in [5.41, 5.74) is 7.45. The summed E-state index contributed by atoms with van der Waals surface area (Å²) in [5.74, 6) is 0.389. The number of nitrogens with zero attached hydrogens (tertiary/aromatic N) is 2. The molecule has 140 valence electrons. The van der Waals surface area contributed by atoms with E-state index >= 15 is 0 Å². The number of hydrogen-bond donors (Lipinski definition) is 0. The zero-order valence-electron chi connectivity index (χ0n) is 16.6. The van der Waals surface area contributed by atoms with Gasteiger partial charge in [0.2, 0.25) is 5.71 Å². The average molecular weight is 368 g/mol. The van der Waals surface area contributed by atoms with Crippen LogP contribution in [0.15, 0.2) is 59.1 Å². The first kappa shape index (κ1) is 16.2. The summed E-state index contributed by atoms with van der Waals surface area (Å²) in [6, 6.07) is 18.0. The molecular formula is C25H24N2O. The second-order valence-corrected chi connectivity index (χ2v) is 8.73. The lowest BCUT2D eigenvalue weighted by Crippen LogP contribution is -2.57. The molecule has 0 spiro atoms. The molecule has 3 unspecified atom stereocenters. The van der Waals surface area contributed by atoms with Crippen LogP contribution in [0.5, 0.6) is 0 Å². The van der Waals surface area contributed by atoms with Crippen LogP contribution in [0.25, 0.3) is 22.1 Å². The van der Waals surface area contributed by atoms with Crippen molar-refractivity contribution in [2.24, 2.45) is 0 Å². The number of aromatic nitrogens is 1. The summed E-state index contributed by atoms with van der Waals surface area (Å²) in [6.45, 7) is 8.21. The summed E-state index contributed by atoms with van der Waals surface area (Å²) in [6.07, 6.45) is 2.99. The minimum absolute atomic E-state index is 0.107. The number of pyridine rings is 1. The summed E-state index contributed by atoms with van der Waals surface area (Å²) < 4.78 is 6.38. The standard InChI is InChI=1S/C25H24N2O/c1-15-10-11-17-18-7-6-13-26-24(18)28-23(17)21(15)22-16(2)27-14-12-25(22,3)19-8-4-5-9-20(19)27/h4-11,13,16,22H,12,14H2,1-3H3. The third-order valence-corrected chi connectivity index (χ3v) is 7.35. The summed E-state index contributed by atoms with van der Waals surface area (Å²) in [7, 11) is 0. The van der Waals surface area contributed by atoms with Crippen LogP contribution in [-0.2, 0) is 5.41 Å². The Hall–Kier alpha value is -2.81. The predicted molar refractivity (Wildman–Crippen MR) is 114 cm³/mol. The van der Waals surface area contributed by atoms with Crippen molar-refractivity contribution in [1.29, 1.82) is 0 Å². The van der Waals surface area contributed by atoms with Crippen molar-refractivity contribution in [2.75, 3.05) is 11.4 Å². The third kappa shape index (κ3) is 1.87. The number of furan rings is 1. The maximum atomic E-state index is 6.38. The van der Waals surface area contributed by atoms with Gasteiger partial charge in [-0.1, -0.05) is 37.3 Å². The molecule has 0 radical (unpaired) electrons. The van der Waals surface area contributed by atoms with E-state index in [1.807, 2.05) is 12.3 Å². The second-order valence-electron chi connectivity index (χ2n) is 8.73. The average Bonchev–Trinajstić information content (AvgIpc) is 3.08. The molecule has 2 aromatic carbocycles. The number of piperidine rings is 1. The van der Waals surface area contributed by atoms with Gasteiger partial charge in [0.1, 0.15) is 5.58 Å². The van der Waals surface area contributed by atoms with Crippen molar-refractivity contribution in [3.05, 3.63) is 71.4 Å². The normalized spacial score (nSPS) is 26.2. The molecule has 3 nitrogen and oxygen atoms in total. The molecule has 5 heterocycles. The van der Waals surface area contributed by atoms with Gasteiger partial charge in [0.05, 0.1) is 0 Å². The van der Waals surface area contributed by atoms with E-state index in [1.165, 1.54) is 34.2 Å². The van der Waals surface area contributed by atoms with Gasteiger partial charge in [-0.25, -0.2) is 4.98 Å². The number of para-hydroxylation sites is 1. The van der Waals surface area contributed by atoms with Crippen molar-refractivity contribution < 1.29 is 4.42 Å². The molecule has 7 rings (SSSR count). The maximum Gasteiger partial charge on any atom is 0.227 e. The molecule has 0 amide bonds. The van der Waals surface area contributed by atoms with E-state index in [0.717, 1.165) is 23.2 Å². The van der Waals surface area contributed by atoms with Crippen molar-refractivity contribution >= 4 is 27.8 Å². The zero-order chi connectivity index (χ0) is 19.0. The molecule has 3 aliphatic rings. The lowest BCUT2D eigenvalue weighted by Gasteiger charge is -2.58. The van der Waals surface area contributed by atoms with Crippen LogP contribution in [0.3, 0.4) is 0 Å². The Balaban J connectivity index is 1.67. The van der Waals surface area contributed by atoms with Gasteiger partial charge in [0, 0.05) is 52.1 Å². The Kier molecular flexibility index (Phi) is 3.11. The van der Waals surface area contributed by atoms with Crippen molar-refractivity contribution in [3.8, 4) is 0 Å². The molecule has 0 saturated carbocycles. The maximum absolute atomic E-state index is 6.38. The Bertz CT molecular complexity index is 1240. The number of hydrogen-bond acceptors (Lipinski definition) is 3. The summed E-state index contributed by atoms with van der Waals surface area (Å²) in [4.78, 5) is 7.08. The molecule has 0 N–H and O–H groups in total. The fraction of sp³-hybridized carbons (Fsp3) is 0.320. The first-order valence-electron chi connectivity index (χ1n) is 10.2. The van der Waals surface area contributed by atoms with E-state index in [9.17, 15) is 0 Å². The first-order valence-corrected chi connectivity index (χ1v) is 10.2. The molecule has 1 fully saturated rings. The lowest BCUT2D eigenvalue weighted by atomic mass is 9.58. The van der Waals surface area contributed by atoms with E-state index in [-0.39, 0.29) is 5.41 Å². The fourth-order valence-electron chi connectivity index (χ4n) is 6.01. The number of rotatable bonds is 1. The molecule has 2 aromatic heterocycles. The largest absolute Gasteiger partial charge is 0.437 e. The van der Waals surface area contributed by atoms with Gasteiger partial charge in [0.25, 0.3) is 0 Å². The molecule has 1 saturated heterocycles. The number of anilines is 1. The van der Waals surface area contributed by atoms with Crippen molar-refractivity contribution in [2.45, 2.75) is 44.6 Å². The highest BCUT2D eigenvalue weighted by Gasteiger charge is 2.52. The number of fused-ring (bicyclic) bond motifs is 5. The van der Waals surface area contributed by atoms with Crippen LogP contribution in [-0.4, -0.2) is 17.6 Å². The molecule has 4 aromatic rings. The van der Waals surface area contributed by atoms with Crippen LogP contribution in [0.4, 0.5) is 5.69 Å². The Labute approximate surface area is 165 Å². The van der Waals surface area contributed by atoms with Crippen LogP contribution >= 0.6 is 0 Å². The molecular weight excluding hydrogens is 344 g/mol. The zero-order valence-corrected chi connectivity index (χ0v) is 16.6. The van der Waals surface area contributed by atoms with Gasteiger partial charge < -0.3 is 9.32 Å². The minimum atomic E-state index is 0.107. The van der Waals surface area contributed by atoms with Crippen LogP contribution in [0.1, 0.15) is 42.9 Å². The molecule has 0 aliphatic carbocycles. The van der Waals surface area contributed by atoms with Crippen molar-refractivity contribution in [3.63, 3.8) is 0 Å². The van der Waals surface area contributed by atoms with E-state index in [4.69, 9.17) is 4.42 Å². The predicted octanol–water partition coefficient (Wildman–Crippen LogP) is 5.94.